The standard InChI is InChI=1S/C23H19ClN4O3S/c1-2-31-22(30)17-4-3-11-25-19(17)13-26-21(29)14-5-8-16(9-6-14)27-23-28-18-10-7-15(24)12-20(18)32-23/h3-12H,2,13H2,1H3,(H,26,29)(H,27,28). The third-order valence-electron chi connectivity index (χ3n) is 4.55. The minimum atomic E-state index is -0.461. The van der Waals surface area contributed by atoms with Crippen LogP contribution in [0.25, 0.3) is 10.2 Å². The summed E-state index contributed by atoms with van der Waals surface area (Å²) in [6, 6.07) is 15.9. The third kappa shape index (κ3) is 5.04. The van der Waals surface area contributed by atoms with E-state index in [-0.39, 0.29) is 19.1 Å². The Hall–Kier alpha value is -3.49. The summed E-state index contributed by atoms with van der Waals surface area (Å²) in [6.45, 7) is 2.12. The largest absolute Gasteiger partial charge is 0.462 e. The molecule has 0 unspecified atom stereocenters. The molecule has 7 nitrogen and oxygen atoms in total. The number of anilines is 2. The number of hydrogen-bond acceptors (Lipinski definition) is 7. The molecule has 0 fully saturated rings. The molecule has 9 heteroatoms. The molecule has 4 rings (SSSR count). The fourth-order valence-corrected chi connectivity index (χ4v) is 4.18. The molecule has 0 bridgehead atoms. The van der Waals surface area contributed by atoms with Gasteiger partial charge in [-0.15, -0.1) is 0 Å². The number of carbonyl (C=O) groups excluding carboxylic acids is 2. The Morgan fingerprint density at radius 1 is 1.12 bits per heavy atom. The van der Waals surface area contributed by atoms with Crippen LogP contribution in [0.1, 0.15) is 33.3 Å². The molecule has 0 aliphatic rings. The number of aromatic nitrogens is 2. The van der Waals surface area contributed by atoms with Crippen LogP contribution >= 0.6 is 22.9 Å². The van der Waals surface area contributed by atoms with Crippen LogP contribution in [0.15, 0.2) is 60.8 Å². The quantitative estimate of drug-likeness (QED) is 0.364. The first-order valence-corrected chi connectivity index (χ1v) is 11.1. The Kier molecular flexibility index (Phi) is 6.63. The molecule has 0 aliphatic heterocycles. The average molecular weight is 467 g/mol. The second-order valence-corrected chi connectivity index (χ2v) is 8.20. The normalized spacial score (nSPS) is 10.7. The van der Waals surface area contributed by atoms with Gasteiger partial charge in [-0.2, -0.15) is 0 Å². The summed E-state index contributed by atoms with van der Waals surface area (Å²) in [7, 11) is 0. The Morgan fingerprint density at radius 3 is 2.72 bits per heavy atom. The monoisotopic (exact) mass is 466 g/mol. The molecule has 0 radical (unpaired) electrons. The van der Waals surface area contributed by atoms with Crippen LogP contribution in [-0.4, -0.2) is 28.5 Å². The van der Waals surface area contributed by atoms with Crippen LogP contribution in [0.4, 0.5) is 10.8 Å². The molecule has 4 aromatic rings. The van der Waals surface area contributed by atoms with Gasteiger partial charge in [-0.25, -0.2) is 9.78 Å². The van der Waals surface area contributed by atoms with Gasteiger partial charge < -0.3 is 15.4 Å². The second-order valence-electron chi connectivity index (χ2n) is 6.73. The number of esters is 1. The first kappa shape index (κ1) is 21.7. The number of benzene rings is 2. The van der Waals surface area contributed by atoms with Gasteiger partial charge in [-0.3, -0.25) is 9.78 Å². The van der Waals surface area contributed by atoms with Crippen LogP contribution < -0.4 is 10.6 Å². The van der Waals surface area contributed by atoms with E-state index in [4.69, 9.17) is 16.3 Å². The number of nitrogens with zero attached hydrogens (tertiary/aromatic N) is 2. The van der Waals surface area contributed by atoms with Crippen molar-refractivity contribution < 1.29 is 14.3 Å². The van der Waals surface area contributed by atoms with Crippen molar-refractivity contribution in [3.8, 4) is 0 Å². The van der Waals surface area contributed by atoms with Crippen molar-refractivity contribution in [1.82, 2.24) is 15.3 Å². The predicted molar refractivity (Wildman–Crippen MR) is 126 cm³/mol. The molecule has 162 valence electrons. The van der Waals surface area contributed by atoms with Crippen molar-refractivity contribution in [3.63, 3.8) is 0 Å². The van der Waals surface area contributed by atoms with Crippen molar-refractivity contribution in [2.24, 2.45) is 0 Å². The van der Waals surface area contributed by atoms with Gasteiger partial charge in [0.1, 0.15) is 0 Å². The van der Waals surface area contributed by atoms with Crippen LogP contribution in [0.3, 0.4) is 0 Å². The molecular weight excluding hydrogens is 448 g/mol. The van der Waals surface area contributed by atoms with Crippen LogP contribution in [0.5, 0.6) is 0 Å². The maximum Gasteiger partial charge on any atom is 0.340 e. The maximum absolute atomic E-state index is 12.5. The van der Waals surface area contributed by atoms with E-state index in [2.05, 4.69) is 20.6 Å². The highest BCUT2D eigenvalue weighted by Gasteiger charge is 2.14. The van der Waals surface area contributed by atoms with E-state index in [0.717, 1.165) is 21.0 Å². The molecule has 0 saturated carbocycles. The van der Waals surface area contributed by atoms with E-state index in [1.807, 2.05) is 12.1 Å². The predicted octanol–water partition coefficient (Wildman–Crippen LogP) is 5.20. The number of halogens is 1. The van der Waals surface area contributed by atoms with Crippen molar-refractivity contribution in [1.29, 1.82) is 0 Å². The minimum Gasteiger partial charge on any atom is -0.462 e. The molecule has 0 spiro atoms. The number of ether oxygens (including phenoxy) is 1. The van der Waals surface area contributed by atoms with Gasteiger partial charge in [0.25, 0.3) is 5.91 Å². The Morgan fingerprint density at radius 2 is 1.94 bits per heavy atom. The van der Waals surface area contributed by atoms with E-state index >= 15 is 0 Å². The topological polar surface area (TPSA) is 93.2 Å². The fraction of sp³-hybridized carbons (Fsp3) is 0.130. The van der Waals surface area contributed by atoms with E-state index in [1.165, 1.54) is 11.3 Å². The number of amides is 1. The lowest BCUT2D eigenvalue weighted by Crippen LogP contribution is -2.24. The van der Waals surface area contributed by atoms with Crippen molar-refractivity contribution in [2.75, 3.05) is 11.9 Å². The summed E-state index contributed by atoms with van der Waals surface area (Å²) in [6.07, 6.45) is 1.57. The van der Waals surface area contributed by atoms with Gasteiger partial charge in [-0.1, -0.05) is 22.9 Å². The van der Waals surface area contributed by atoms with Gasteiger partial charge in [0, 0.05) is 22.5 Å². The summed E-state index contributed by atoms with van der Waals surface area (Å²) >= 11 is 7.53. The number of nitrogens with one attached hydrogen (secondary N) is 2. The molecule has 2 aromatic heterocycles. The highest BCUT2D eigenvalue weighted by molar-refractivity contribution is 7.22. The smallest absolute Gasteiger partial charge is 0.340 e. The summed E-state index contributed by atoms with van der Waals surface area (Å²) in [5.41, 5.74) is 2.95. The Balaban J connectivity index is 1.40. The lowest BCUT2D eigenvalue weighted by molar-refractivity contribution is 0.0523. The number of carbonyl (C=O) groups is 2. The maximum atomic E-state index is 12.5. The van der Waals surface area contributed by atoms with Gasteiger partial charge in [0.15, 0.2) is 5.13 Å². The summed E-state index contributed by atoms with van der Waals surface area (Å²) in [5, 5.41) is 7.44. The Bertz CT molecular complexity index is 1270. The first-order chi connectivity index (χ1) is 15.5. The summed E-state index contributed by atoms with van der Waals surface area (Å²) in [5.74, 6) is -0.732. The van der Waals surface area contributed by atoms with E-state index < -0.39 is 5.97 Å². The lowest BCUT2D eigenvalue weighted by atomic mass is 10.1. The zero-order chi connectivity index (χ0) is 22.5. The number of pyridine rings is 1. The minimum absolute atomic E-state index is 0.113. The molecule has 2 N–H and O–H groups in total. The van der Waals surface area contributed by atoms with Gasteiger partial charge >= 0.3 is 5.97 Å². The summed E-state index contributed by atoms with van der Waals surface area (Å²) in [4.78, 5) is 33.3. The molecule has 1 amide bonds. The van der Waals surface area contributed by atoms with E-state index in [9.17, 15) is 9.59 Å². The molecule has 2 aromatic carbocycles. The molecule has 0 atom stereocenters. The SMILES string of the molecule is CCOC(=O)c1cccnc1CNC(=O)c1ccc(Nc2nc3ccc(Cl)cc3s2)cc1. The van der Waals surface area contributed by atoms with Crippen molar-refractivity contribution in [3.05, 3.63) is 82.6 Å². The van der Waals surface area contributed by atoms with E-state index in [1.54, 1.807) is 55.6 Å². The zero-order valence-corrected chi connectivity index (χ0v) is 18.7. The summed E-state index contributed by atoms with van der Waals surface area (Å²) < 4.78 is 6.03. The highest BCUT2D eigenvalue weighted by Crippen LogP contribution is 2.30. The van der Waals surface area contributed by atoms with Gasteiger partial charge in [0.05, 0.1) is 34.6 Å². The van der Waals surface area contributed by atoms with Crippen molar-refractivity contribution in [2.45, 2.75) is 13.5 Å². The number of hydrogen-bond donors (Lipinski definition) is 2. The highest BCUT2D eigenvalue weighted by atomic mass is 35.5. The Labute approximate surface area is 193 Å². The average Bonchev–Trinajstić information content (AvgIpc) is 3.19. The van der Waals surface area contributed by atoms with Crippen LogP contribution in [0.2, 0.25) is 5.02 Å². The number of rotatable bonds is 7. The third-order valence-corrected chi connectivity index (χ3v) is 5.72. The second kappa shape index (κ2) is 9.76. The number of thiazole rings is 1. The van der Waals surface area contributed by atoms with Gasteiger partial charge in [-0.05, 0) is 61.5 Å². The fourth-order valence-electron chi connectivity index (χ4n) is 3.02. The number of fused-ring (bicyclic) bond motifs is 1. The molecule has 32 heavy (non-hydrogen) atoms. The van der Waals surface area contributed by atoms with Gasteiger partial charge in [0.2, 0.25) is 0 Å². The van der Waals surface area contributed by atoms with Crippen molar-refractivity contribution >= 4 is 55.8 Å². The first-order valence-electron chi connectivity index (χ1n) is 9.86. The molecule has 0 aliphatic carbocycles. The lowest BCUT2D eigenvalue weighted by Gasteiger charge is -2.09. The molecular formula is C23H19ClN4O3S. The van der Waals surface area contributed by atoms with Crippen LogP contribution in [-0.2, 0) is 11.3 Å². The van der Waals surface area contributed by atoms with E-state index in [0.29, 0.717) is 21.8 Å². The molecule has 0 saturated heterocycles. The molecule has 2 heterocycles. The van der Waals surface area contributed by atoms with Crippen LogP contribution in [0, 0.1) is 0 Å². The zero-order valence-electron chi connectivity index (χ0n) is 17.1.